The summed E-state index contributed by atoms with van der Waals surface area (Å²) in [6, 6.07) is 20.9. The summed E-state index contributed by atoms with van der Waals surface area (Å²) in [5, 5.41) is 11.9. The first-order valence-corrected chi connectivity index (χ1v) is 9.49. The number of carboxylic acids is 1. The van der Waals surface area contributed by atoms with E-state index in [1.165, 1.54) is 6.07 Å². The topological polar surface area (TPSA) is 75.6 Å². The predicted octanol–water partition coefficient (Wildman–Crippen LogP) is 5.51. The number of carboxylic acid groups (broad SMARTS) is 1. The highest BCUT2D eigenvalue weighted by Crippen LogP contribution is 2.44. The van der Waals surface area contributed by atoms with Crippen molar-refractivity contribution in [3.8, 4) is 11.1 Å². The molecule has 1 amide bonds. The molecule has 3 aromatic carbocycles. The molecule has 0 spiro atoms. The average Bonchev–Trinajstić information content (AvgIpc) is 3.00. The number of hydrogen-bond donors (Lipinski definition) is 2. The van der Waals surface area contributed by atoms with Gasteiger partial charge in [-0.25, -0.2) is 9.59 Å². The normalized spacial score (nSPS) is 12.2. The fourth-order valence-corrected chi connectivity index (χ4v) is 4.13. The van der Waals surface area contributed by atoms with Gasteiger partial charge in [0.25, 0.3) is 0 Å². The molecule has 4 rings (SSSR count). The second-order valence-corrected chi connectivity index (χ2v) is 7.27. The minimum absolute atomic E-state index is 0.0176. The monoisotopic (exact) mass is 437 g/mol. The van der Waals surface area contributed by atoms with Crippen molar-refractivity contribution in [2.75, 3.05) is 11.9 Å². The number of aromatic carboxylic acids is 1. The summed E-state index contributed by atoms with van der Waals surface area (Å²) in [6.07, 6.45) is -0.692. The molecule has 5 nitrogen and oxygen atoms in total. The molecule has 1 aliphatic carbocycles. The van der Waals surface area contributed by atoms with Crippen LogP contribution in [0.25, 0.3) is 11.1 Å². The molecule has 2 N–H and O–H groups in total. The summed E-state index contributed by atoms with van der Waals surface area (Å²) in [4.78, 5) is 23.8. The van der Waals surface area contributed by atoms with Crippen LogP contribution in [0.3, 0.4) is 0 Å². The molecule has 0 saturated carbocycles. The van der Waals surface area contributed by atoms with Gasteiger partial charge in [0.05, 0.1) is 11.3 Å². The molecule has 0 aliphatic heterocycles. The Morgan fingerprint density at radius 2 is 1.54 bits per heavy atom. The Hall–Kier alpha value is -3.12. The van der Waals surface area contributed by atoms with E-state index in [0.29, 0.717) is 4.47 Å². The molecule has 0 unspecified atom stereocenters. The third-order valence-electron chi connectivity index (χ3n) is 4.81. The number of halogens is 1. The Kier molecular flexibility index (Phi) is 4.88. The number of carbonyl (C=O) groups is 2. The second kappa shape index (κ2) is 7.48. The van der Waals surface area contributed by atoms with Crippen LogP contribution in [0, 0.1) is 0 Å². The van der Waals surface area contributed by atoms with Crippen molar-refractivity contribution < 1.29 is 19.4 Å². The molecular formula is C22H16BrNO4. The van der Waals surface area contributed by atoms with Crippen LogP contribution in [0.1, 0.15) is 27.4 Å². The van der Waals surface area contributed by atoms with Gasteiger partial charge >= 0.3 is 12.1 Å². The van der Waals surface area contributed by atoms with Gasteiger partial charge in [-0.05, 0) is 50.3 Å². The maximum Gasteiger partial charge on any atom is 0.411 e. The number of anilines is 1. The molecule has 0 atom stereocenters. The van der Waals surface area contributed by atoms with Crippen LogP contribution in [0.4, 0.5) is 10.5 Å². The van der Waals surface area contributed by atoms with E-state index in [0.717, 1.165) is 22.3 Å². The number of amides is 1. The Morgan fingerprint density at radius 3 is 2.14 bits per heavy atom. The molecule has 0 saturated heterocycles. The largest absolute Gasteiger partial charge is 0.478 e. The van der Waals surface area contributed by atoms with Gasteiger partial charge in [-0.2, -0.15) is 0 Å². The highest BCUT2D eigenvalue weighted by atomic mass is 79.9. The highest BCUT2D eigenvalue weighted by molar-refractivity contribution is 9.10. The van der Waals surface area contributed by atoms with Crippen LogP contribution in [0.5, 0.6) is 0 Å². The lowest BCUT2D eigenvalue weighted by Crippen LogP contribution is -2.19. The van der Waals surface area contributed by atoms with Crippen LogP contribution in [-0.2, 0) is 4.74 Å². The van der Waals surface area contributed by atoms with Gasteiger partial charge in [-0.15, -0.1) is 0 Å². The first-order valence-electron chi connectivity index (χ1n) is 8.70. The van der Waals surface area contributed by atoms with Crippen molar-refractivity contribution in [1.82, 2.24) is 0 Å². The van der Waals surface area contributed by atoms with Crippen molar-refractivity contribution in [3.05, 3.63) is 87.9 Å². The van der Waals surface area contributed by atoms with Crippen molar-refractivity contribution in [2.45, 2.75) is 5.92 Å². The Bertz CT molecular complexity index is 1030. The predicted molar refractivity (Wildman–Crippen MR) is 110 cm³/mol. The third kappa shape index (κ3) is 3.27. The highest BCUT2D eigenvalue weighted by Gasteiger charge is 2.29. The Balaban J connectivity index is 1.52. The van der Waals surface area contributed by atoms with Crippen molar-refractivity contribution >= 4 is 33.7 Å². The average molecular weight is 438 g/mol. The number of benzene rings is 3. The van der Waals surface area contributed by atoms with E-state index in [2.05, 4.69) is 33.4 Å². The maximum absolute atomic E-state index is 12.3. The fourth-order valence-electron chi connectivity index (χ4n) is 3.59. The zero-order chi connectivity index (χ0) is 19.7. The van der Waals surface area contributed by atoms with Gasteiger partial charge in [0.15, 0.2) is 0 Å². The number of carbonyl (C=O) groups excluding carboxylic acids is 1. The van der Waals surface area contributed by atoms with Gasteiger partial charge in [-0.1, -0.05) is 54.6 Å². The SMILES string of the molecule is O=C(Nc1cccc(Br)c1C(=O)O)OCC1c2ccccc2-c2ccccc21. The molecule has 28 heavy (non-hydrogen) atoms. The Morgan fingerprint density at radius 1 is 0.929 bits per heavy atom. The van der Waals surface area contributed by atoms with Crippen molar-refractivity contribution in [3.63, 3.8) is 0 Å². The lowest BCUT2D eigenvalue weighted by molar-refractivity contribution is 0.0697. The van der Waals surface area contributed by atoms with E-state index in [1.54, 1.807) is 12.1 Å². The van der Waals surface area contributed by atoms with E-state index in [-0.39, 0.29) is 23.8 Å². The summed E-state index contributed by atoms with van der Waals surface area (Å²) in [7, 11) is 0. The lowest BCUT2D eigenvalue weighted by atomic mass is 9.98. The van der Waals surface area contributed by atoms with E-state index in [9.17, 15) is 14.7 Å². The molecule has 0 aromatic heterocycles. The van der Waals surface area contributed by atoms with Gasteiger partial charge in [0, 0.05) is 10.4 Å². The number of nitrogens with one attached hydrogen (secondary N) is 1. The minimum Gasteiger partial charge on any atom is -0.478 e. The summed E-state index contributed by atoms with van der Waals surface area (Å²) in [5.41, 5.74) is 4.69. The maximum atomic E-state index is 12.3. The van der Waals surface area contributed by atoms with Crippen LogP contribution < -0.4 is 5.32 Å². The zero-order valence-electron chi connectivity index (χ0n) is 14.7. The summed E-state index contributed by atoms with van der Waals surface area (Å²) in [5.74, 6) is -1.19. The molecule has 3 aromatic rings. The van der Waals surface area contributed by atoms with Gasteiger partial charge in [0.2, 0.25) is 0 Å². The molecule has 6 heteroatoms. The van der Waals surface area contributed by atoms with Crippen LogP contribution >= 0.6 is 15.9 Å². The minimum atomic E-state index is -1.14. The number of ether oxygens (including phenoxy) is 1. The van der Waals surface area contributed by atoms with Gasteiger partial charge in [0.1, 0.15) is 6.61 Å². The second-order valence-electron chi connectivity index (χ2n) is 6.42. The number of rotatable bonds is 4. The van der Waals surface area contributed by atoms with E-state index >= 15 is 0 Å². The van der Waals surface area contributed by atoms with Crippen LogP contribution in [0.2, 0.25) is 0 Å². The Labute approximate surface area is 170 Å². The van der Waals surface area contributed by atoms with E-state index in [1.807, 2.05) is 36.4 Å². The lowest BCUT2D eigenvalue weighted by Gasteiger charge is -2.15. The zero-order valence-corrected chi connectivity index (χ0v) is 16.3. The molecule has 140 valence electrons. The first kappa shape index (κ1) is 18.3. The summed E-state index contributed by atoms with van der Waals surface area (Å²) in [6.45, 7) is 0.163. The van der Waals surface area contributed by atoms with Gasteiger partial charge in [-0.3, -0.25) is 5.32 Å². The van der Waals surface area contributed by atoms with E-state index in [4.69, 9.17) is 4.74 Å². The smallest absolute Gasteiger partial charge is 0.411 e. The summed E-state index contributed by atoms with van der Waals surface area (Å²) >= 11 is 3.19. The van der Waals surface area contributed by atoms with Crippen molar-refractivity contribution in [2.24, 2.45) is 0 Å². The molecule has 0 fully saturated rings. The molecule has 0 bridgehead atoms. The quantitative estimate of drug-likeness (QED) is 0.564. The van der Waals surface area contributed by atoms with Gasteiger partial charge < -0.3 is 9.84 Å². The fraction of sp³-hybridized carbons (Fsp3) is 0.0909. The number of hydrogen-bond acceptors (Lipinski definition) is 3. The number of fused-ring (bicyclic) bond motifs is 3. The van der Waals surface area contributed by atoms with Crippen LogP contribution in [0.15, 0.2) is 71.2 Å². The van der Waals surface area contributed by atoms with E-state index < -0.39 is 12.1 Å². The third-order valence-corrected chi connectivity index (χ3v) is 5.47. The molecular weight excluding hydrogens is 422 g/mol. The molecule has 0 heterocycles. The first-order chi connectivity index (χ1) is 13.6. The van der Waals surface area contributed by atoms with Crippen molar-refractivity contribution in [1.29, 1.82) is 0 Å². The van der Waals surface area contributed by atoms with Crippen LogP contribution in [-0.4, -0.2) is 23.8 Å². The molecule has 1 aliphatic rings. The standard InChI is InChI=1S/C22H16BrNO4/c23-18-10-5-11-19(20(18)21(25)26)24-22(27)28-12-17-15-8-3-1-6-13(15)14-7-2-4-9-16(14)17/h1-11,17H,12H2,(H,24,27)(H,25,26). The molecule has 0 radical (unpaired) electrons. The summed E-state index contributed by atoms with van der Waals surface area (Å²) < 4.78 is 5.85.